The number of aromatic nitrogens is 2. The Balaban J connectivity index is 1.47. The molecule has 156 valence electrons. The molecule has 2 fully saturated rings. The zero-order chi connectivity index (χ0) is 20.3. The van der Waals surface area contributed by atoms with Crippen LogP contribution < -0.4 is 0 Å². The Morgan fingerprint density at radius 2 is 2.03 bits per heavy atom. The second-order valence-electron chi connectivity index (χ2n) is 8.68. The molecule has 29 heavy (non-hydrogen) atoms. The molecule has 0 bridgehead atoms. The maximum absolute atomic E-state index is 12.7. The Labute approximate surface area is 173 Å². The number of carbonyl (C=O) groups excluding carboxylic acids is 1. The summed E-state index contributed by atoms with van der Waals surface area (Å²) in [5.41, 5.74) is 2.81. The number of hydrogen-bond acceptors (Lipinski definition) is 4. The summed E-state index contributed by atoms with van der Waals surface area (Å²) >= 11 is 0. The van der Waals surface area contributed by atoms with Crippen LogP contribution in [0.2, 0.25) is 0 Å². The molecule has 2 aromatic rings. The van der Waals surface area contributed by atoms with E-state index in [0.717, 1.165) is 45.6 Å². The second-order valence-corrected chi connectivity index (χ2v) is 8.68. The van der Waals surface area contributed by atoms with E-state index in [2.05, 4.69) is 51.3 Å². The van der Waals surface area contributed by atoms with Gasteiger partial charge >= 0.3 is 0 Å². The minimum Gasteiger partial charge on any atom is -0.384 e. The highest BCUT2D eigenvalue weighted by Crippen LogP contribution is 2.46. The van der Waals surface area contributed by atoms with Gasteiger partial charge in [-0.1, -0.05) is 30.3 Å². The van der Waals surface area contributed by atoms with Gasteiger partial charge in [0, 0.05) is 58.5 Å². The van der Waals surface area contributed by atoms with Crippen LogP contribution in [0.3, 0.4) is 0 Å². The molecule has 1 aromatic heterocycles. The minimum atomic E-state index is 0.178. The van der Waals surface area contributed by atoms with Crippen LogP contribution in [0.25, 0.3) is 0 Å². The van der Waals surface area contributed by atoms with Crippen molar-refractivity contribution in [2.75, 3.05) is 39.9 Å². The maximum atomic E-state index is 12.7. The van der Waals surface area contributed by atoms with E-state index < -0.39 is 0 Å². The number of carbonyl (C=O) groups is 1. The third kappa shape index (κ3) is 4.38. The summed E-state index contributed by atoms with van der Waals surface area (Å²) in [7, 11) is 3.66. The Bertz CT molecular complexity index is 821. The van der Waals surface area contributed by atoms with Crippen LogP contribution >= 0.6 is 0 Å². The third-order valence-electron chi connectivity index (χ3n) is 6.76. The van der Waals surface area contributed by atoms with Gasteiger partial charge in [-0.15, -0.1) is 0 Å². The number of aryl methyl sites for hydroxylation is 2. The molecule has 0 saturated carbocycles. The highest BCUT2D eigenvalue weighted by Gasteiger charge is 2.52. The Hall–Kier alpha value is -2.18. The second kappa shape index (κ2) is 8.67. The summed E-state index contributed by atoms with van der Waals surface area (Å²) in [6, 6.07) is 12.8. The first-order valence-electron chi connectivity index (χ1n) is 10.6. The molecule has 6 heteroatoms. The van der Waals surface area contributed by atoms with Gasteiger partial charge < -0.3 is 9.64 Å². The van der Waals surface area contributed by atoms with Gasteiger partial charge in [-0.2, -0.15) is 5.10 Å². The third-order valence-corrected chi connectivity index (χ3v) is 6.76. The highest BCUT2D eigenvalue weighted by molar-refractivity contribution is 5.76. The predicted molar refractivity (Wildman–Crippen MR) is 112 cm³/mol. The van der Waals surface area contributed by atoms with Crippen molar-refractivity contribution in [2.24, 2.45) is 18.4 Å². The van der Waals surface area contributed by atoms with E-state index in [1.165, 1.54) is 11.3 Å². The molecule has 6 nitrogen and oxygen atoms in total. The number of benzene rings is 1. The van der Waals surface area contributed by atoms with Gasteiger partial charge in [0.1, 0.15) is 0 Å². The van der Waals surface area contributed by atoms with Crippen LogP contribution in [0.5, 0.6) is 0 Å². The molecule has 1 amide bonds. The van der Waals surface area contributed by atoms with Gasteiger partial charge in [-0.3, -0.25) is 14.4 Å². The number of ether oxygens (including phenoxy) is 1. The molecule has 3 heterocycles. The van der Waals surface area contributed by atoms with E-state index in [4.69, 9.17) is 4.74 Å². The lowest BCUT2D eigenvalue weighted by Gasteiger charge is -2.30. The van der Waals surface area contributed by atoms with E-state index in [1.807, 2.05) is 17.9 Å². The summed E-state index contributed by atoms with van der Waals surface area (Å²) < 4.78 is 7.08. The van der Waals surface area contributed by atoms with Gasteiger partial charge in [0.15, 0.2) is 0 Å². The molecule has 2 saturated heterocycles. The average Bonchev–Trinajstić information content (AvgIpc) is 3.38. The number of methoxy groups -OCH3 is 1. The fourth-order valence-corrected chi connectivity index (χ4v) is 5.13. The number of nitrogens with zero attached hydrogens (tertiary/aromatic N) is 4. The van der Waals surface area contributed by atoms with Gasteiger partial charge in [0.2, 0.25) is 5.91 Å². The fourth-order valence-electron chi connectivity index (χ4n) is 5.13. The van der Waals surface area contributed by atoms with Crippen LogP contribution in [-0.2, 0) is 29.5 Å². The van der Waals surface area contributed by atoms with Gasteiger partial charge in [0.25, 0.3) is 0 Å². The van der Waals surface area contributed by atoms with Crippen molar-refractivity contribution in [3.05, 3.63) is 53.9 Å². The summed E-state index contributed by atoms with van der Waals surface area (Å²) in [5.74, 6) is 0.768. The summed E-state index contributed by atoms with van der Waals surface area (Å²) in [4.78, 5) is 17.3. The first-order chi connectivity index (χ1) is 14.1. The molecule has 2 atom stereocenters. The van der Waals surface area contributed by atoms with E-state index >= 15 is 0 Å². The van der Waals surface area contributed by atoms with E-state index in [1.54, 1.807) is 7.11 Å². The van der Waals surface area contributed by atoms with Crippen LogP contribution in [0.1, 0.15) is 24.1 Å². The van der Waals surface area contributed by atoms with Crippen LogP contribution in [0, 0.1) is 11.3 Å². The molecule has 2 aliphatic rings. The van der Waals surface area contributed by atoms with Gasteiger partial charge in [-0.25, -0.2) is 0 Å². The van der Waals surface area contributed by atoms with Crippen molar-refractivity contribution in [2.45, 2.75) is 25.8 Å². The van der Waals surface area contributed by atoms with E-state index in [0.29, 0.717) is 18.9 Å². The van der Waals surface area contributed by atoms with Crippen molar-refractivity contribution in [1.82, 2.24) is 19.6 Å². The topological polar surface area (TPSA) is 50.6 Å². The average molecular weight is 397 g/mol. The lowest BCUT2D eigenvalue weighted by molar-refractivity contribution is -0.131. The van der Waals surface area contributed by atoms with E-state index in [9.17, 15) is 4.79 Å². The summed E-state index contributed by atoms with van der Waals surface area (Å²) in [5, 5.41) is 4.31. The molecule has 1 aromatic carbocycles. The zero-order valence-corrected chi connectivity index (χ0v) is 17.6. The molecule has 0 radical (unpaired) electrons. The molecular weight excluding hydrogens is 364 g/mol. The van der Waals surface area contributed by atoms with Gasteiger partial charge in [0.05, 0.1) is 18.7 Å². The normalized spacial score (nSPS) is 24.2. The number of amides is 1. The molecular formula is C23H32N4O2. The summed E-state index contributed by atoms with van der Waals surface area (Å²) in [6.45, 7) is 5.27. The molecule has 4 rings (SSSR count). The Kier molecular flexibility index (Phi) is 6.01. The van der Waals surface area contributed by atoms with Crippen molar-refractivity contribution < 1.29 is 9.53 Å². The quantitative estimate of drug-likeness (QED) is 0.687. The van der Waals surface area contributed by atoms with Crippen LogP contribution in [-0.4, -0.2) is 65.4 Å². The zero-order valence-electron chi connectivity index (χ0n) is 17.6. The standard InChI is InChI=1S/C23H32N4O2/c1-25-21(9-12-24-25)16-26-14-20-15-27(22(28)10-13-29-2)18-23(20,17-26)11-8-19-6-4-3-5-7-19/h3-7,9,12,20H,8,10-11,13-18H2,1-2H3. The van der Waals surface area contributed by atoms with E-state index in [-0.39, 0.29) is 11.3 Å². The van der Waals surface area contributed by atoms with Crippen molar-refractivity contribution in [1.29, 1.82) is 0 Å². The monoisotopic (exact) mass is 396 g/mol. The van der Waals surface area contributed by atoms with Crippen LogP contribution in [0.15, 0.2) is 42.6 Å². The van der Waals surface area contributed by atoms with Crippen molar-refractivity contribution in [3.63, 3.8) is 0 Å². The van der Waals surface area contributed by atoms with Crippen molar-refractivity contribution >= 4 is 5.91 Å². The first kappa shape index (κ1) is 20.1. The highest BCUT2D eigenvalue weighted by atomic mass is 16.5. The largest absolute Gasteiger partial charge is 0.384 e. The molecule has 0 aliphatic carbocycles. The number of rotatable bonds is 8. The number of fused-ring (bicyclic) bond motifs is 1. The number of hydrogen-bond donors (Lipinski definition) is 0. The lowest BCUT2D eigenvalue weighted by Crippen LogP contribution is -2.37. The first-order valence-corrected chi connectivity index (χ1v) is 10.6. The van der Waals surface area contributed by atoms with Crippen LogP contribution in [0.4, 0.5) is 0 Å². The fraction of sp³-hybridized carbons (Fsp3) is 0.565. The minimum absolute atomic E-state index is 0.178. The SMILES string of the molecule is COCCC(=O)N1CC2CN(Cc3ccnn3C)CC2(CCc2ccccc2)C1. The van der Waals surface area contributed by atoms with Gasteiger partial charge in [-0.05, 0) is 30.4 Å². The molecule has 0 N–H and O–H groups in total. The smallest absolute Gasteiger partial charge is 0.224 e. The van der Waals surface area contributed by atoms with Crippen molar-refractivity contribution in [3.8, 4) is 0 Å². The molecule has 0 spiro atoms. The maximum Gasteiger partial charge on any atom is 0.224 e. The lowest BCUT2D eigenvalue weighted by atomic mass is 9.76. The Morgan fingerprint density at radius 3 is 2.76 bits per heavy atom. The predicted octanol–water partition coefficient (Wildman–Crippen LogP) is 2.35. The molecule has 2 aliphatic heterocycles. The Morgan fingerprint density at radius 1 is 1.21 bits per heavy atom. The summed E-state index contributed by atoms with van der Waals surface area (Å²) in [6.07, 6.45) is 4.54. The number of likely N-dealkylation sites (tertiary alicyclic amines) is 2. The molecule has 2 unspecified atom stereocenters.